The van der Waals surface area contributed by atoms with Crippen molar-refractivity contribution in [2.24, 2.45) is 11.3 Å². The van der Waals surface area contributed by atoms with Crippen LogP contribution in [0.3, 0.4) is 0 Å². The van der Waals surface area contributed by atoms with Crippen molar-refractivity contribution < 1.29 is 9.84 Å². The van der Waals surface area contributed by atoms with Crippen molar-refractivity contribution in [3.05, 3.63) is 0 Å². The van der Waals surface area contributed by atoms with Crippen molar-refractivity contribution in [2.45, 2.75) is 45.4 Å². The van der Waals surface area contributed by atoms with E-state index in [0.29, 0.717) is 6.61 Å². The standard InChI is InChI=1S/C15H29NO2/c1-2-3-14-4-8-16(9-5-14)12-15(13-17)6-10-18-11-7-15/h14,17H,2-13H2,1H3. The van der Waals surface area contributed by atoms with Gasteiger partial charge < -0.3 is 14.7 Å². The molecule has 0 spiro atoms. The molecule has 2 aliphatic heterocycles. The summed E-state index contributed by atoms with van der Waals surface area (Å²) in [4.78, 5) is 2.58. The second-order valence-corrected chi connectivity index (χ2v) is 6.28. The van der Waals surface area contributed by atoms with Gasteiger partial charge in [0.1, 0.15) is 0 Å². The van der Waals surface area contributed by atoms with Gasteiger partial charge in [0.05, 0.1) is 6.61 Å². The lowest BCUT2D eigenvalue weighted by Crippen LogP contribution is -2.46. The van der Waals surface area contributed by atoms with Crippen LogP contribution in [0.25, 0.3) is 0 Å². The van der Waals surface area contributed by atoms with Crippen LogP contribution in [-0.2, 0) is 4.74 Å². The van der Waals surface area contributed by atoms with Crippen molar-refractivity contribution >= 4 is 0 Å². The molecular formula is C15H29NO2. The molecule has 18 heavy (non-hydrogen) atoms. The van der Waals surface area contributed by atoms with Gasteiger partial charge in [-0.15, -0.1) is 0 Å². The van der Waals surface area contributed by atoms with Crippen molar-refractivity contribution in [3.63, 3.8) is 0 Å². The van der Waals surface area contributed by atoms with Gasteiger partial charge in [0, 0.05) is 25.2 Å². The molecule has 2 fully saturated rings. The predicted octanol–water partition coefficient (Wildman–Crippen LogP) is 2.29. The topological polar surface area (TPSA) is 32.7 Å². The zero-order valence-electron chi connectivity index (χ0n) is 11.9. The fraction of sp³-hybridized carbons (Fsp3) is 1.00. The molecule has 2 aliphatic rings. The van der Waals surface area contributed by atoms with Crippen molar-refractivity contribution in [3.8, 4) is 0 Å². The van der Waals surface area contributed by atoms with Gasteiger partial charge in [0.15, 0.2) is 0 Å². The molecule has 106 valence electrons. The Morgan fingerprint density at radius 1 is 1.22 bits per heavy atom. The summed E-state index contributed by atoms with van der Waals surface area (Å²) in [5, 5.41) is 9.73. The molecule has 0 aromatic rings. The molecule has 0 radical (unpaired) electrons. The lowest BCUT2D eigenvalue weighted by molar-refractivity contribution is -0.0386. The Morgan fingerprint density at radius 3 is 2.44 bits per heavy atom. The summed E-state index contributed by atoms with van der Waals surface area (Å²) in [6, 6.07) is 0. The predicted molar refractivity (Wildman–Crippen MR) is 73.6 cm³/mol. The number of hydrogen-bond donors (Lipinski definition) is 1. The van der Waals surface area contributed by atoms with Gasteiger partial charge in [0.25, 0.3) is 0 Å². The summed E-state index contributed by atoms with van der Waals surface area (Å²) in [6.07, 6.45) is 7.48. The lowest BCUT2D eigenvalue weighted by Gasteiger charge is -2.42. The highest BCUT2D eigenvalue weighted by Gasteiger charge is 2.34. The van der Waals surface area contributed by atoms with Crippen molar-refractivity contribution in [1.82, 2.24) is 4.90 Å². The van der Waals surface area contributed by atoms with Crippen LogP contribution in [0, 0.1) is 11.3 Å². The third kappa shape index (κ3) is 3.69. The summed E-state index contributed by atoms with van der Waals surface area (Å²) in [5.74, 6) is 0.950. The van der Waals surface area contributed by atoms with Gasteiger partial charge >= 0.3 is 0 Å². The molecule has 3 heteroatoms. The smallest absolute Gasteiger partial charge is 0.0501 e. The normalized spacial score (nSPS) is 26.3. The molecule has 0 amide bonds. The molecule has 0 aromatic heterocycles. The summed E-state index contributed by atoms with van der Waals surface area (Å²) in [5.41, 5.74) is 0.121. The lowest BCUT2D eigenvalue weighted by atomic mass is 9.79. The number of rotatable bonds is 5. The molecular weight excluding hydrogens is 226 g/mol. The molecule has 0 unspecified atom stereocenters. The highest BCUT2D eigenvalue weighted by atomic mass is 16.5. The summed E-state index contributed by atoms with van der Waals surface area (Å²) < 4.78 is 5.44. The van der Waals surface area contributed by atoms with E-state index in [1.54, 1.807) is 0 Å². The van der Waals surface area contributed by atoms with E-state index in [-0.39, 0.29) is 5.41 Å². The van der Waals surface area contributed by atoms with Gasteiger partial charge in [-0.05, 0) is 44.7 Å². The molecule has 2 heterocycles. The van der Waals surface area contributed by atoms with Crippen molar-refractivity contribution in [2.75, 3.05) is 39.5 Å². The Morgan fingerprint density at radius 2 is 1.89 bits per heavy atom. The van der Waals surface area contributed by atoms with E-state index in [0.717, 1.165) is 38.5 Å². The Bertz CT molecular complexity index is 231. The maximum atomic E-state index is 9.73. The van der Waals surface area contributed by atoms with E-state index in [1.165, 1.54) is 38.8 Å². The first-order valence-corrected chi connectivity index (χ1v) is 7.69. The number of likely N-dealkylation sites (tertiary alicyclic amines) is 1. The molecule has 1 N–H and O–H groups in total. The van der Waals surface area contributed by atoms with Crippen LogP contribution in [0.2, 0.25) is 0 Å². The molecule has 0 saturated carbocycles. The molecule has 0 aliphatic carbocycles. The Balaban J connectivity index is 1.79. The Hall–Kier alpha value is -0.120. The summed E-state index contributed by atoms with van der Waals surface area (Å²) in [6.45, 7) is 7.80. The average molecular weight is 255 g/mol. The minimum Gasteiger partial charge on any atom is -0.396 e. The Kier molecular flexibility index (Phi) is 5.46. The summed E-state index contributed by atoms with van der Waals surface area (Å²) >= 11 is 0. The monoisotopic (exact) mass is 255 g/mol. The molecule has 0 aromatic carbocycles. The van der Waals surface area contributed by atoms with Crippen LogP contribution < -0.4 is 0 Å². The van der Waals surface area contributed by atoms with E-state index in [2.05, 4.69) is 11.8 Å². The van der Waals surface area contributed by atoms with Gasteiger partial charge in [-0.25, -0.2) is 0 Å². The molecule has 3 nitrogen and oxygen atoms in total. The highest BCUT2D eigenvalue weighted by Crippen LogP contribution is 2.32. The maximum Gasteiger partial charge on any atom is 0.0501 e. The van der Waals surface area contributed by atoms with E-state index in [9.17, 15) is 5.11 Å². The first kappa shape index (κ1) is 14.3. The SMILES string of the molecule is CCCC1CCN(CC2(CO)CCOCC2)CC1. The number of ether oxygens (including phenoxy) is 1. The minimum atomic E-state index is 0.121. The average Bonchev–Trinajstić information content (AvgIpc) is 2.42. The number of piperidine rings is 1. The third-order valence-electron chi connectivity index (χ3n) is 4.85. The first-order valence-electron chi connectivity index (χ1n) is 7.69. The van der Waals surface area contributed by atoms with Crippen LogP contribution >= 0.6 is 0 Å². The van der Waals surface area contributed by atoms with Gasteiger partial charge in [-0.3, -0.25) is 0 Å². The fourth-order valence-corrected chi connectivity index (χ4v) is 3.49. The quantitative estimate of drug-likeness (QED) is 0.818. The van der Waals surface area contributed by atoms with E-state index in [4.69, 9.17) is 4.74 Å². The van der Waals surface area contributed by atoms with Crippen LogP contribution in [0.5, 0.6) is 0 Å². The number of nitrogens with zero attached hydrogens (tertiary/aromatic N) is 1. The second kappa shape index (κ2) is 6.88. The van der Waals surface area contributed by atoms with Crippen LogP contribution in [0.4, 0.5) is 0 Å². The molecule has 0 atom stereocenters. The van der Waals surface area contributed by atoms with Crippen LogP contribution in [0.1, 0.15) is 45.4 Å². The summed E-state index contributed by atoms with van der Waals surface area (Å²) in [7, 11) is 0. The van der Waals surface area contributed by atoms with E-state index < -0.39 is 0 Å². The Labute approximate surface area is 112 Å². The van der Waals surface area contributed by atoms with Crippen LogP contribution in [0.15, 0.2) is 0 Å². The van der Waals surface area contributed by atoms with E-state index >= 15 is 0 Å². The highest BCUT2D eigenvalue weighted by molar-refractivity contribution is 4.86. The number of aliphatic hydroxyl groups excluding tert-OH is 1. The second-order valence-electron chi connectivity index (χ2n) is 6.28. The molecule has 0 bridgehead atoms. The zero-order chi connectivity index (χ0) is 12.8. The van der Waals surface area contributed by atoms with Gasteiger partial charge in [-0.1, -0.05) is 19.8 Å². The maximum absolute atomic E-state index is 9.73. The van der Waals surface area contributed by atoms with E-state index in [1.807, 2.05) is 0 Å². The number of hydrogen-bond acceptors (Lipinski definition) is 3. The van der Waals surface area contributed by atoms with Crippen LogP contribution in [-0.4, -0.2) is 49.5 Å². The van der Waals surface area contributed by atoms with Gasteiger partial charge in [-0.2, -0.15) is 0 Å². The van der Waals surface area contributed by atoms with Gasteiger partial charge in [0.2, 0.25) is 0 Å². The largest absolute Gasteiger partial charge is 0.396 e. The fourth-order valence-electron chi connectivity index (χ4n) is 3.49. The minimum absolute atomic E-state index is 0.121. The molecule has 2 rings (SSSR count). The third-order valence-corrected chi connectivity index (χ3v) is 4.85. The van der Waals surface area contributed by atoms with Crippen molar-refractivity contribution in [1.29, 1.82) is 0 Å². The first-order chi connectivity index (χ1) is 8.78. The number of aliphatic hydroxyl groups is 1. The zero-order valence-corrected chi connectivity index (χ0v) is 11.9. The molecule has 2 saturated heterocycles.